The molecule has 0 saturated carbocycles. The lowest BCUT2D eigenvalue weighted by molar-refractivity contribution is -0.192. The largest absolute Gasteiger partial charge is 0.490 e. The van der Waals surface area contributed by atoms with Crippen LogP contribution >= 0.6 is 0 Å². The van der Waals surface area contributed by atoms with E-state index in [1.165, 1.54) is 21.0 Å². The summed E-state index contributed by atoms with van der Waals surface area (Å²) >= 11 is 0. The summed E-state index contributed by atoms with van der Waals surface area (Å²) in [7, 11) is 1.17. The molecule has 0 aromatic heterocycles. The Labute approximate surface area is 215 Å². The van der Waals surface area contributed by atoms with Crippen LogP contribution in [0.3, 0.4) is 0 Å². The summed E-state index contributed by atoms with van der Waals surface area (Å²) in [5.74, 6) is -6.17. The number of methoxy groups -OCH3 is 1. The van der Waals surface area contributed by atoms with Crippen molar-refractivity contribution < 1.29 is 56.6 Å². The SMILES string of the molecule is COC(=O)CNC(=O)CNC(=O)CNC(=O)[C@@H](C)NC(=O)[C@H](CCCCN)NC(C)=O.O=C(O)C(F)(F)F. The van der Waals surface area contributed by atoms with Crippen LogP contribution in [0, 0.1) is 0 Å². The van der Waals surface area contributed by atoms with Gasteiger partial charge in [0.05, 0.1) is 20.2 Å². The Morgan fingerprint density at radius 2 is 1.37 bits per heavy atom. The number of carbonyl (C=O) groups excluding carboxylic acids is 6. The van der Waals surface area contributed by atoms with Gasteiger partial charge < -0.3 is 42.2 Å². The van der Waals surface area contributed by atoms with Gasteiger partial charge in [-0.15, -0.1) is 0 Å². The first-order valence-electron chi connectivity index (χ1n) is 11.0. The van der Waals surface area contributed by atoms with E-state index >= 15 is 0 Å². The maximum absolute atomic E-state index is 12.3. The van der Waals surface area contributed by atoms with E-state index in [9.17, 15) is 41.9 Å². The first-order valence-corrected chi connectivity index (χ1v) is 11.0. The highest BCUT2D eigenvalue weighted by Crippen LogP contribution is 2.13. The Morgan fingerprint density at radius 1 is 0.868 bits per heavy atom. The van der Waals surface area contributed by atoms with E-state index in [1.54, 1.807) is 0 Å². The number of unbranched alkanes of at least 4 members (excludes halogenated alkanes) is 1. The lowest BCUT2D eigenvalue weighted by Crippen LogP contribution is -2.53. The number of alkyl halides is 3. The minimum absolute atomic E-state index is 0.329. The molecule has 2 atom stereocenters. The number of halogens is 3. The monoisotopic (exact) mass is 558 g/mol. The van der Waals surface area contributed by atoms with Crippen molar-refractivity contribution in [2.75, 3.05) is 33.3 Å². The standard InChI is InChI=1S/C18H32N6O7.C2HF3O2/c1-11(23-18(30)13(24-12(2)25)6-4-5-7-19)17(29)22-9-15(27)20-8-14(26)21-10-16(28)31-3;3-2(4,5)1(6)7/h11,13H,4-10,19H2,1-3H3,(H,20,27)(H,21,26)(H,22,29)(H,23,30)(H,24,25);(H,6,7)/t11-,13+;/m1./s1. The number of rotatable bonds is 14. The van der Waals surface area contributed by atoms with E-state index in [0.717, 1.165) is 0 Å². The average Bonchev–Trinajstić information content (AvgIpc) is 2.83. The molecule has 38 heavy (non-hydrogen) atoms. The van der Waals surface area contributed by atoms with Crippen LogP contribution in [-0.4, -0.2) is 98.1 Å². The van der Waals surface area contributed by atoms with Gasteiger partial charge in [-0.3, -0.25) is 28.8 Å². The Kier molecular flexibility index (Phi) is 18.3. The second kappa shape index (κ2) is 19.2. The Hall–Kier alpha value is -3.96. The van der Waals surface area contributed by atoms with E-state index in [0.29, 0.717) is 25.8 Å². The van der Waals surface area contributed by atoms with Gasteiger partial charge in [0.1, 0.15) is 18.6 Å². The molecule has 0 saturated heterocycles. The smallest absolute Gasteiger partial charge is 0.475 e. The second-order valence-electron chi connectivity index (χ2n) is 7.42. The number of carboxylic acid groups (broad SMARTS) is 1. The summed E-state index contributed by atoms with van der Waals surface area (Å²) in [5.41, 5.74) is 5.43. The molecule has 15 nitrogen and oxygen atoms in total. The zero-order valence-corrected chi connectivity index (χ0v) is 21.0. The maximum atomic E-state index is 12.3. The van der Waals surface area contributed by atoms with Crippen molar-refractivity contribution in [3.8, 4) is 0 Å². The van der Waals surface area contributed by atoms with Gasteiger partial charge in [0.15, 0.2) is 0 Å². The molecule has 8 N–H and O–H groups in total. The molecule has 0 bridgehead atoms. The first-order chi connectivity index (χ1) is 17.5. The third kappa shape index (κ3) is 19.3. The number of ether oxygens (including phenoxy) is 1. The zero-order valence-electron chi connectivity index (χ0n) is 21.0. The molecule has 0 heterocycles. The van der Waals surface area contributed by atoms with Crippen LogP contribution in [0.25, 0.3) is 0 Å². The van der Waals surface area contributed by atoms with Gasteiger partial charge in [0.2, 0.25) is 29.5 Å². The van der Waals surface area contributed by atoms with Crippen molar-refractivity contribution in [1.82, 2.24) is 26.6 Å². The molecule has 0 aromatic carbocycles. The van der Waals surface area contributed by atoms with Crippen molar-refractivity contribution in [3.05, 3.63) is 0 Å². The molecule has 0 aromatic rings. The topological polar surface area (TPSA) is 235 Å². The van der Waals surface area contributed by atoms with Crippen molar-refractivity contribution in [3.63, 3.8) is 0 Å². The van der Waals surface area contributed by atoms with Gasteiger partial charge in [0.25, 0.3) is 0 Å². The summed E-state index contributed by atoms with van der Waals surface area (Å²) in [6.07, 6.45) is -3.39. The minimum Gasteiger partial charge on any atom is -0.475 e. The van der Waals surface area contributed by atoms with Crippen LogP contribution in [-0.2, 0) is 38.3 Å². The lowest BCUT2D eigenvalue weighted by Gasteiger charge is -2.20. The van der Waals surface area contributed by atoms with Crippen LogP contribution in [0.2, 0.25) is 0 Å². The molecule has 0 fully saturated rings. The van der Waals surface area contributed by atoms with Gasteiger partial charge >= 0.3 is 18.1 Å². The highest BCUT2D eigenvalue weighted by Gasteiger charge is 2.38. The molecule has 0 rings (SSSR count). The first kappa shape index (κ1) is 36.2. The van der Waals surface area contributed by atoms with Crippen LogP contribution in [0.5, 0.6) is 0 Å². The van der Waals surface area contributed by atoms with E-state index in [1.807, 2.05) is 0 Å². The van der Waals surface area contributed by atoms with Gasteiger partial charge in [-0.2, -0.15) is 13.2 Å². The lowest BCUT2D eigenvalue weighted by atomic mass is 10.1. The number of carbonyl (C=O) groups is 7. The highest BCUT2D eigenvalue weighted by molar-refractivity contribution is 5.93. The number of nitrogens with one attached hydrogen (secondary N) is 5. The van der Waals surface area contributed by atoms with Crippen molar-refractivity contribution in [1.29, 1.82) is 0 Å². The molecule has 0 aliphatic rings. The van der Waals surface area contributed by atoms with Gasteiger partial charge in [-0.05, 0) is 32.7 Å². The summed E-state index contributed by atoms with van der Waals surface area (Å²) in [5, 5.41) is 19.0. The molecule has 0 aliphatic carbocycles. The molecular formula is C20H33F3N6O9. The predicted octanol–water partition coefficient (Wildman–Crippen LogP) is -2.72. The molecule has 18 heteroatoms. The predicted molar refractivity (Wildman–Crippen MR) is 123 cm³/mol. The van der Waals surface area contributed by atoms with Crippen molar-refractivity contribution in [2.45, 2.75) is 51.4 Å². The fourth-order valence-corrected chi connectivity index (χ4v) is 2.25. The molecular weight excluding hydrogens is 525 g/mol. The fraction of sp³-hybridized carbons (Fsp3) is 0.650. The van der Waals surface area contributed by atoms with Crippen LogP contribution in [0.1, 0.15) is 33.1 Å². The summed E-state index contributed by atoms with van der Waals surface area (Å²) in [6.45, 7) is 2.03. The minimum atomic E-state index is -5.08. The number of esters is 1. The number of aliphatic carboxylic acids is 1. The van der Waals surface area contributed by atoms with Gasteiger partial charge in [0, 0.05) is 6.92 Å². The Bertz CT molecular complexity index is 840. The molecule has 218 valence electrons. The second-order valence-corrected chi connectivity index (χ2v) is 7.42. The number of hydrogen-bond acceptors (Lipinski definition) is 9. The van der Waals surface area contributed by atoms with E-state index < -0.39 is 60.4 Å². The zero-order chi connectivity index (χ0) is 29.9. The van der Waals surface area contributed by atoms with E-state index in [4.69, 9.17) is 15.6 Å². The number of hydrogen-bond donors (Lipinski definition) is 7. The van der Waals surface area contributed by atoms with Crippen LogP contribution < -0.4 is 32.3 Å². The molecule has 0 spiro atoms. The van der Waals surface area contributed by atoms with Crippen molar-refractivity contribution >= 4 is 41.5 Å². The number of amides is 5. The Morgan fingerprint density at radius 3 is 1.82 bits per heavy atom. The van der Waals surface area contributed by atoms with E-state index in [-0.39, 0.29) is 19.0 Å². The summed E-state index contributed by atoms with van der Waals surface area (Å²) in [4.78, 5) is 78.7. The number of nitrogens with two attached hydrogens (primary N) is 1. The fourth-order valence-electron chi connectivity index (χ4n) is 2.25. The van der Waals surface area contributed by atoms with Crippen LogP contribution in [0.15, 0.2) is 0 Å². The molecule has 0 radical (unpaired) electrons. The molecule has 0 aliphatic heterocycles. The third-order valence-corrected chi connectivity index (χ3v) is 4.16. The average molecular weight is 559 g/mol. The van der Waals surface area contributed by atoms with Crippen molar-refractivity contribution in [2.24, 2.45) is 5.73 Å². The van der Waals surface area contributed by atoms with Gasteiger partial charge in [-0.1, -0.05) is 0 Å². The highest BCUT2D eigenvalue weighted by atomic mass is 19.4. The van der Waals surface area contributed by atoms with Gasteiger partial charge in [-0.25, -0.2) is 4.79 Å². The normalized spacial score (nSPS) is 11.9. The Balaban J connectivity index is 0. The quantitative estimate of drug-likeness (QED) is 0.0859. The maximum Gasteiger partial charge on any atom is 0.490 e. The molecule has 0 unspecified atom stereocenters. The summed E-state index contributed by atoms with van der Waals surface area (Å²) in [6, 6.07) is -1.76. The van der Waals surface area contributed by atoms with Crippen LogP contribution in [0.4, 0.5) is 13.2 Å². The number of carboxylic acids is 1. The van der Waals surface area contributed by atoms with E-state index in [2.05, 4.69) is 31.3 Å². The third-order valence-electron chi connectivity index (χ3n) is 4.16. The molecule has 5 amide bonds. The summed E-state index contributed by atoms with van der Waals surface area (Å²) < 4.78 is 36.1.